The third-order valence-corrected chi connectivity index (χ3v) is 6.28. The van der Waals surface area contributed by atoms with Gasteiger partial charge < -0.3 is 13.9 Å². The second-order valence-electron chi connectivity index (χ2n) is 8.34. The second-order valence-corrected chi connectivity index (χ2v) is 8.78. The molecule has 138 valence electrons. The monoisotopic (exact) mass is 376 g/mol. The molecule has 1 saturated heterocycles. The van der Waals surface area contributed by atoms with Gasteiger partial charge in [0, 0.05) is 30.2 Å². The van der Waals surface area contributed by atoms with E-state index in [9.17, 15) is 4.39 Å². The summed E-state index contributed by atoms with van der Waals surface area (Å²) in [6.07, 6.45) is 3.00. The van der Waals surface area contributed by atoms with Crippen LogP contribution in [0.1, 0.15) is 52.1 Å². The van der Waals surface area contributed by atoms with E-state index < -0.39 is 18.3 Å². The van der Waals surface area contributed by atoms with Crippen molar-refractivity contribution in [2.75, 3.05) is 0 Å². The molecular formula is C19H23BClFN2O2. The van der Waals surface area contributed by atoms with Gasteiger partial charge in [-0.3, -0.25) is 0 Å². The zero-order chi connectivity index (χ0) is 18.9. The van der Waals surface area contributed by atoms with Gasteiger partial charge in [-0.25, -0.2) is 9.37 Å². The van der Waals surface area contributed by atoms with E-state index in [1.54, 1.807) is 6.20 Å². The average Bonchev–Trinajstić information content (AvgIpc) is 2.91. The van der Waals surface area contributed by atoms with Gasteiger partial charge in [0.25, 0.3) is 0 Å². The van der Waals surface area contributed by atoms with Gasteiger partial charge in [-0.1, -0.05) is 11.6 Å². The van der Waals surface area contributed by atoms with Crippen molar-refractivity contribution in [2.45, 2.75) is 57.7 Å². The Hall–Kier alpha value is -1.37. The van der Waals surface area contributed by atoms with Gasteiger partial charge in [0.05, 0.1) is 16.2 Å². The Bertz CT molecular complexity index is 898. The molecule has 2 fully saturated rings. The fourth-order valence-electron chi connectivity index (χ4n) is 3.66. The van der Waals surface area contributed by atoms with Crippen LogP contribution in [-0.4, -0.2) is 27.9 Å². The number of halogens is 2. The molecule has 1 saturated carbocycles. The van der Waals surface area contributed by atoms with Crippen LogP contribution in [0.15, 0.2) is 29.6 Å². The number of rotatable bonds is 2. The van der Waals surface area contributed by atoms with Crippen LogP contribution in [0, 0.1) is 0 Å². The maximum absolute atomic E-state index is 14.9. The number of aromatic nitrogens is 2. The summed E-state index contributed by atoms with van der Waals surface area (Å²) in [6, 6.07) is 4.01. The first-order valence-corrected chi connectivity index (χ1v) is 9.31. The predicted molar refractivity (Wildman–Crippen MR) is 102 cm³/mol. The molecule has 0 atom stereocenters. The van der Waals surface area contributed by atoms with Crippen LogP contribution in [-0.2, 0) is 16.4 Å². The second kappa shape index (κ2) is 5.81. The van der Waals surface area contributed by atoms with Crippen molar-refractivity contribution < 1.29 is 13.7 Å². The van der Waals surface area contributed by atoms with Crippen molar-refractivity contribution in [2.24, 2.45) is 7.05 Å². The molecule has 0 bridgehead atoms. The van der Waals surface area contributed by atoms with Gasteiger partial charge in [-0.15, -0.1) is 0 Å². The number of hydrogen-bond acceptors (Lipinski definition) is 3. The Labute approximate surface area is 158 Å². The fourth-order valence-corrected chi connectivity index (χ4v) is 3.82. The van der Waals surface area contributed by atoms with Gasteiger partial charge in [-0.2, -0.15) is 0 Å². The minimum atomic E-state index is -0.899. The van der Waals surface area contributed by atoms with Gasteiger partial charge in [0.2, 0.25) is 0 Å². The van der Waals surface area contributed by atoms with Crippen LogP contribution in [0.4, 0.5) is 4.39 Å². The van der Waals surface area contributed by atoms with Gasteiger partial charge in [0.1, 0.15) is 11.4 Å². The maximum atomic E-state index is 14.9. The first kappa shape index (κ1) is 18.0. The summed E-state index contributed by atoms with van der Waals surface area (Å²) in [6.45, 7) is 7.73. The van der Waals surface area contributed by atoms with E-state index >= 15 is 0 Å². The topological polar surface area (TPSA) is 36.3 Å². The molecule has 2 aromatic rings. The standard InChI is InChI=1S/C19H23BClFN2O2/c1-18(2)19(3,4)26-20(25-18)16(22)12-6-11(7-12)15-9-13-8-14(21)10-23-17(13)24(15)5/h8-11H,6-7H2,1-5H3. The molecular weight excluding hydrogens is 353 g/mol. The van der Waals surface area contributed by atoms with E-state index in [1.807, 2.05) is 40.8 Å². The normalized spacial score (nSPS) is 24.2. The highest BCUT2D eigenvalue weighted by Crippen LogP contribution is 2.47. The van der Waals surface area contributed by atoms with Crippen molar-refractivity contribution in [1.82, 2.24) is 9.55 Å². The summed E-state index contributed by atoms with van der Waals surface area (Å²) in [5.41, 5.74) is 1.51. The smallest absolute Gasteiger partial charge is 0.398 e. The Morgan fingerprint density at radius 2 is 1.85 bits per heavy atom. The molecule has 2 aliphatic rings. The van der Waals surface area contributed by atoms with Crippen molar-refractivity contribution in [3.63, 3.8) is 0 Å². The average molecular weight is 377 g/mol. The van der Waals surface area contributed by atoms with Gasteiger partial charge >= 0.3 is 7.12 Å². The summed E-state index contributed by atoms with van der Waals surface area (Å²) >= 11 is 6.03. The largest absolute Gasteiger partial charge is 0.525 e. The zero-order valence-corrected chi connectivity index (χ0v) is 16.5. The minimum absolute atomic E-state index is 0.264. The molecule has 1 aliphatic heterocycles. The lowest BCUT2D eigenvalue weighted by molar-refractivity contribution is 0.00578. The van der Waals surface area contributed by atoms with Crippen molar-refractivity contribution >= 4 is 29.8 Å². The van der Waals surface area contributed by atoms with Crippen LogP contribution in [0.3, 0.4) is 0 Å². The van der Waals surface area contributed by atoms with E-state index in [4.69, 9.17) is 20.9 Å². The lowest BCUT2D eigenvalue weighted by atomic mass is 9.71. The number of aryl methyl sites for hydroxylation is 1. The lowest BCUT2D eigenvalue weighted by Crippen LogP contribution is -2.41. The van der Waals surface area contributed by atoms with Crippen LogP contribution in [0.25, 0.3) is 11.0 Å². The first-order valence-electron chi connectivity index (χ1n) is 8.93. The summed E-state index contributed by atoms with van der Waals surface area (Å²) < 4.78 is 28.6. The quantitative estimate of drug-likeness (QED) is 0.695. The summed E-state index contributed by atoms with van der Waals surface area (Å²) in [5.74, 6) is 0.274. The van der Waals surface area contributed by atoms with Crippen molar-refractivity contribution in [1.29, 1.82) is 0 Å². The van der Waals surface area contributed by atoms with Crippen molar-refractivity contribution in [3.8, 4) is 0 Å². The summed E-state index contributed by atoms with van der Waals surface area (Å²) in [4.78, 5) is 4.40. The molecule has 0 unspecified atom stereocenters. The number of pyridine rings is 1. The fraction of sp³-hybridized carbons (Fsp3) is 0.526. The number of hydrogen-bond donors (Lipinski definition) is 0. The maximum Gasteiger partial charge on any atom is 0.525 e. The Balaban J connectivity index is 1.54. The van der Waals surface area contributed by atoms with Crippen LogP contribution < -0.4 is 0 Å². The first-order chi connectivity index (χ1) is 12.1. The molecule has 0 aromatic carbocycles. The molecule has 0 N–H and O–H groups in total. The van der Waals surface area contributed by atoms with E-state index in [-0.39, 0.29) is 11.6 Å². The number of allylic oxidation sites excluding steroid dienone is 1. The van der Waals surface area contributed by atoms with Crippen LogP contribution in [0.5, 0.6) is 0 Å². The molecule has 2 aromatic heterocycles. The molecule has 1 aliphatic carbocycles. The van der Waals surface area contributed by atoms with Gasteiger partial charge in [-0.05, 0) is 58.2 Å². The molecule has 0 radical (unpaired) electrons. The molecule has 26 heavy (non-hydrogen) atoms. The van der Waals surface area contributed by atoms with Crippen LogP contribution >= 0.6 is 11.6 Å². The Morgan fingerprint density at radius 1 is 1.23 bits per heavy atom. The highest BCUT2D eigenvalue weighted by Gasteiger charge is 2.54. The summed E-state index contributed by atoms with van der Waals surface area (Å²) in [7, 11) is 1.09. The molecule has 4 rings (SSSR count). The van der Waals surface area contributed by atoms with E-state index in [0.29, 0.717) is 17.9 Å². The number of nitrogens with zero attached hydrogens (tertiary/aromatic N) is 2. The SMILES string of the molecule is Cn1c(C2CC(=C(F)B3OC(C)(C)C(C)(C)O3)C2)cc2cc(Cl)cnc21. The third-order valence-electron chi connectivity index (χ3n) is 6.07. The van der Waals surface area contributed by atoms with E-state index in [2.05, 4.69) is 15.6 Å². The van der Waals surface area contributed by atoms with E-state index in [1.165, 1.54) is 0 Å². The Morgan fingerprint density at radius 3 is 2.46 bits per heavy atom. The van der Waals surface area contributed by atoms with E-state index in [0.717, 1.165) is 22.3 Å². The molecule has 7 heteroatoms. The van der Waals surface area contributed by atoms with Crippen LogP contribution in [0.2, 0.25) is 5.02 Å². The third kappa shape index (κ3) is 2.70. The summed E-state index contributed by atoms with van der Waals surface area (Å²) in [5, 5.41) is 1.63. The van der Waals surface area contributed by atoms with Crippen molar-refractivity contribution in [3.05, 3.63) is 40.3 Å². The minimum Gasteiger partial charge on any atom is -0.398 e. The molecule has 0 amide bonds. The molecule has 4 nitrogen and oxygen atoms in total. The molecule has 0 spiro atoms. The predicted octanol–water partition coefficient (Wildman–Crippen LogP) is 4.96. The Kier molecular flexibility index (Phi) is 4.03. The highest BCUT2D eigenvalue weighted by molar-refractivity contribution is 6.53. The number of fused-ring (bicyclic) bond motifs is 1. The lowest BCUT2D eigenvalue weighted by Gasteiger charge is -2.32. The molecule has 3 heterocycles. The highest BCUT2D eigenvalue weighted by atomic mass is 35.5. The zero-order valence-electron chi connectivity index (χ0n) is 15.8. The van der Waals surface area contributed by atoms with Gasteiger partial charge in [0.15, 0.2) is 0 Å².